The van der Waals surface area contributed by atoms with E-state index in [2.05, 4.69) is 6.07 Å². The maximum absolute atomic E-state index is 3.03. The Hall–Kier alpha value is -0.131. The van der Waals surface area contributed by atoms with Gasteiger partial charge in [-0.05, 0) is 0 Å². The van der Waals surface area contributed by atoms with E-state index in [0.717, 1.165) is 0 Å². The van der Waals surface area contributed by atoms with Gasteiger partial charge in [0.05, 0.1) is 0 Å². The fraction of sp³-hybridized carbons (Fsp3) is 0.143. The van der Waals surface area contributed by atoms with Crippen LogP contribution in [0.2, 0.25) is 0 Å². The number of aryl methyl sites for hydroxylation is 1. The largest absolute Gasteiger partial charge is 3.00 e. The van der Waals surface area contributed by atoms with Crippen molar-refractivity contribution in [3.05, 3.63) is 35.9 Å². The molecule has 0 bridgehead atoms. The second kappa shape index (κ2) is 3.82. The van der Waals surface area contributed by atoms with Gasteiger partial charge in [-0.15, -0.1) is 0 Å². The van der Waals surface area contributed by atoms with Gasteiger partial charge in [0.25, 0.3) is 0 Å². The van der Waals surface area contributed by atoms with E-state index in [-0.39, 0.29) is 20.1 Å². The van der Waals surface area contributed by atoms with Gasteiger partial charge in [-0.25, -0.2) is 0 Å². The topological polar surface area (TPSA) is 0 Å². The van der Waals surface area contributed by atoms with Gasteiger partial charge in [-0.2, -0.15) is 35.9 Å². The third-order valence-corrected chi connectivity index (χ3v) is 0.865. The zero-order valence-electron chi connectivity index (χ0n) is 4.64. The molecular weight excluding hydrogens is 276 g/mol. The van der Waals surface area contributed by atoms with E-state index in [9.17, 15) is 0 Å². The quantitative estimate of drug-likeness (QED) is 0.637. The number of rotatable bonds is 0. The van der Waals surface area contributed by atoms with E-state index in [1.54, 1.807) is 0 Å². The summed E-state index contributed by atoms with van der Waals surface area (Å²) in [7, 11) is 0. The first-order valence-corrected chi connectivity index (χ1v) is 2.33. The van der Waals surface area contributed by atoms with Gasteiger partial charge in [0.2, 0.25) is 0 Å². The van der Waals surface area contributed by atoms with E-state index in [0.29, 0.717) is 0 Å². The van der Waals surface area contributed by atoms with Crippen molar-refractivity contribution < 1.29 is 20.1 Å². The molecule has 1 aromatic carbocycles. The number of benzene rings is 1. The molecule has 1 aromatic rings. The average Bonchev–Trinajstić information content (AvgIpc) is 1.69. The summed E-state index contributed by atoms with van der Waals surface area (Å²) in [6, 6.07) is 10.9. The van der Waals surface area contributed by atoms with Crippen LogP contribution in [0.15, 0.2) is 24.3 Å². The van der Waals surface area contributed by atoms with E-state index in [1.165, 1.54) is 5.56 Å². The summed E-state index contributed by atoms with van der Waals surface area (Å²) in [5.74, 6) is 0. The normalized spacial score (nSPS) is 7.62. The van der Waals surface area contributed by atoms with Crippen LogP contribution in [0.1, 0.15) is 5.56 Å². The molecule has 0 N–H and O–H groups in total. The summed E-state index contributed by atoms with van der Waals surface area (Å²) in [6.45, 7) is 2.03. The van der Waals surface area contributed by atoms with Gasteiger partial charge in [0, 0.05) is 0 Å². The number of hydrogen-bond donors (Lipinski definition) is 0. The molecule has 0 spiro atoms. The monoisotopic (exact) mass is 284 g/mol. The van der Waals surface area contributed by atoms with Crippen molar-refractivity contribution >= 4 is 0 Å². The first-order chi connectivity index (χ1) is 3.39. The summed E-state index contributed by atoms with van der Waals surface area (Å²) in [4.78, 5) is 0. The zero-order chi connectivity index (χ0) is 5.11. The van der Waals surface area contributed by atoms with Gasteiger partial charge in [-0.3, -0.25) is 0 Å². The summed E-state index contributed by atoms with van der Waals surface area (Å²) in [5.41, 5.74) is 1.20. The fourth-order valence-corrected chi connectivity index (χ4v) is 0.483. The van der Waals surface area contributed by atoms with Gasteiger partial charge < -0.3 is 0 Å². The minimum Gasteiger partial charge on any atom is -0.181 e. The van der Waals surface area contributed by atoms with Crippen molar-refractivity contribution in [3.63, 3.8) is 0 Å². The molecule has 42 valence electrons. The Morgan fingerprint density at radius 1 is 1.38 bits per heavy atom. The minimum absolute atomic E-state index is 0. The van der Waals surface area contributed by atoms with Crippen LogP contribution in [-0.4, -0.2) is 0 Å². The Morgan fingerprint density at radius 2 is 2.12 bits per heavy atom. The molecule has 0 aliphatic carbocycles. The molecule has 8 heavy (non-hydrogen) atoms. The van der Waals surface area contributed by atoms with Crippen molar-refractivity contribution in [2.75, 3.05) is 0 Å². The molecule has 0 unspecified atom stereocenters. The Bertz CT molecular complexity index is 134. The summed E-state index contributed by atoms with van der Waals surface area (Å²) in [5, 5.41) is 0. The molecule has 0 heterocycles. The smallest absolute Gasteiger partial charge is 0.181 e. The summed E-state index contributed by atoms with van der Waals surface area (Å²) >= 11 is 0. The number of hydrogen-bond acceptors (Lipinski definition) is 0. The van der Waals surface area contributed by atoms with E-state index < -0.39 is 0 Å². The maximum Gasteiger partial charge on any atom is 3.00 e. The molecule has 0 aromatic heterocycles. The third-order valence-electron chi connectivity index (χ3n) is 0.865. The van der Waals surface area contributed by atoms with E-state index in [4.69, 9.17) is 0 Å². The fourth-order valence-electron chi connectivity index (χ4n) is 0.483. The molecule has 0 saturated carbocycles. The van der Waals surface area contributed by atoms with Gasteiger partial charge in [-0.1, -0.05) is 6.92 Å². The molecule has 0 saturated heterocycles. The first-order valence-electron chi connectivity index (χ1n) is 2.33. The Morgan fingerprint density at radius 3 is 2.38 bits per heavy atom. The van der Waals surface area contributed by atoms with Crippen molar-refractivity contribution in [2.24, 2.45) is 0 Å². The molecule has 0 nitrogen and oxygen atoms in total. The molecule has 1 heteroatoms. The predicted octanol–water partition coefficient (Wildman–Crippen LogP) is 1.79. The second-order valence-electron chi connectivity index (χ2n) is 1.55. The van der Waals surface area contributed by atoms with Crippen molar-refractivity contribution in [1.82, 2.24) is 0 Å². The molecule has 0 fully saturated rings. The van der Waals surface area contributed by atoms with Gasteiger partial charge in [0.1, 0.15) is 0 Å². The van der Waals surface area contributed by atoms with Crippen LogP contribution < -0.4 is 0 Å². The standard InChI is InChI=1S/C7H7.Ir/c1-7-5-3-2-4-6-7;/h2-5H,1H3;/q-1;+3. The molecule has 0 aliphatic rings. The molecule has 1 rings (SSSR count). The van der Waals surface area contributed by atoms with Gasteiger partial charge in [0.15, 0.2) is 0 Å². The van der Waals surface area contributed by atoms with Crippen molar-refractivity contribution in [3.8, 4) is 0 Å². The zero-order valence-corrected chi connectivity index (χ0v) is 7.04. The average molecular weight is 283 g/mol. The summed E-state index contributed by atoms with van der Waals surface area (Å²) < 4.78 is 0. The van der Waals surface area contributed by atoms with Crippen molar-refractivity contribution in [2.45, 2.75) is 6.92 Å². The van der Waals surface area contributed by atoms with Crippen LogP contribution in [0, 0.1) is 13.0 Å². The minimum atomic E-state index is 0. The molecule has 0 atom stereocenters. The maximum atomic E-state index is 3.03. The Kier molecular flexibility index (Phi) is 3.76. The van der Waals surface area contributed by atoms with Crippen LogP contribution >= 0.6 is 0 Å². The van der Waals surface area contributed by atoms with Crippen LogP contribution in [0.4, 0.5) is 0 Å². The van der Waals surface area contributed by atoms with E-state index >= 15 is 0 Å². The molecule has 0 amide bonds. The summed E-state index contributed by atoms with van der Waals surface area (Å²) in [6.07, 6.45) is 0. The molecular formula is C7H7Ir+2. The van der Waals surface area contributed by atoms with Gasteiger partial charge >= 0.3 is 20.1 Å². The van der Waals surface area contributed by atoms with Crippen LogP contribution in [0.3, 0.4) is 0 Å². The molecule has 0 aliphatic heterocycles. The Balaban J connectivity index is 0.000000490. The Labute approximate surface area is 63.3 Å². The van der Waals surface area contributed by atoms with Crippen LogP contribution in [-0.2, 0) is 20.1 Å². The third kappa shape index (κ3) is 2.25. The second-order valence-corrected chi connectivity index (χ2v) is 1.55. The van der Waals surface area contributed by atoms with Crippen LogP contribution in [0.25, 0.3) is 0 Å². The van der Waals surface area contributed by atoms with Crippen LogP contribution in [0.5, 0.6) is 0 Å². The SMILES string of the molecule is Cc1[c-]cccc1.[Ir+3]. The molecule has 0 radical (unpaired) electrons. The first kappa shape index (κ1) is 7.87. The predicted molar refractivity (Wildman–Crippen MR) is 30.0 cm³/mol. The van der Waals surface area contributed by atoms with Crippen molar-refractivity contribution in [1.29, 1.82) is 0 Å². The van der Waals surface area contributed by atoms with E-state index in [1.807, 2.05) is 31.2 Å².